The number of urea groups is 1. The molecule has 1 N–H and O–H groups in total. The van der Waals surface area contributed by atoms with E-state index in [1.165, 1.54) is 5.56 Å². The molecular weight excluding hydrogens is 344 g/mol. The monoisotopic (exact) mass is 370 g/mol. The molecule has 2 aromatic carbocycles. The first-order valence-electron chi connectivity index (χ1n) is 9.07. The highest BCUT2D eigenvalue weighted by atomic mass is 16.5. The Bertz CT molecular complexity index is 807. The molecule has 0 fully saturated rings. The van der Waals surface area contributed by atoms with E-state index in [2.05, 4.69) is 5.32 Å². The minimum absolute atomic E-state index is 0.0798. The smallest absolute Gasteiger partial charge is 0.317 e. The fourth-order valence-electron chi connectivity index (χ4n) is 3.21. The number of carbonyl (C=O) groups is 1. The number of amides is 2. The lowest BCUT2D eigenvalue weighted by Gasteiger charge is -2.29. The number of rotatable bonds is 6. The summed E-state index contributed by atoms with van der Waals surface area (Å²) in [5.41, 5.74) is 3.37. The van der Waals surface area contributed by atoms with E-state index in [0.29, 0.717) is 32.0 Å². The third-order valence-corrected chi connectivity index (χ3v) is 4.73. The molecule has 6 heteroatoms. The van der Waals surface area contributed by atoms with Gasteiger partial charge in [0, 0.05) is 13.1 Å². The van der Waals surface area contributed by atoms with Crippen LogP contribution in [0, 0.1) is 6.92 Å². The van der Waals surface area contributed by atoms with Gasteiger partial charge in [-0.2, -0.15) is 0 Å². The van der Waals surface area contributed by atoms with Crippen molar-refractivity contribution in [3.63, 3.8) is 0 Å². The summed E-state index contributed by atoms with van der Waals surface area (Å²) in [7, 11) is 3.25. The molecule has 0 radical (unpaired) electrons. The lowest BCUT2D eigenvalue weighted by molar-refractivity contribution is 0.189. The number of ether oxygens (including phenoxy) is 3. The second-order valence-electron chi connectivity index (χ2n) is 6.49. The fourth-order valence-corrected chi connectivity index (χ4v) is 3.21. The molecule has 0 spiro atoms. The average molecular weight is 370 g/mol. The predicted octanol–water partition coefficient (Wildman–Crippen LogP) is 3.16. The highest BCUT2D eigenvalue weighted by Crippen LogP contribution is 2.33. The molecule has 0 saturated heterocycles. The van der Waals surface area contributed by atoms with Crippen molar-refractivity contribution in [3.8, 4) is 17.2 Å². The van der Waals surface area contributed by atoms with Crippen LogP contribution in [0.3, 0.4) is 0 Å². The summed E-state index contributed by atoms with van der Waals surface area (Å²) in [4.78, 5) is 14.3. The Hall–Kier alpha value is -2.89. The van der Waals surface area contributed by atoms with E-state index in [0.717, 1.165) is 29.0 Å². The zero-order valence-electron chi connectivity index (χ0n) is 16.1. The molecule has 27 heavy (non-hydrogen) atoms. The van der Waals surface area contributed by atoms with Crippen molar-refractivity contribution in [2.24, 2.45) is 0 Å². The van der Waals surface area contributed by atoms with Gasteiger partial charge in [0.2, 0.25) is 0 Å². The molecule has 0 atom stereocenters. The highest BCUT2D eigenvalue weighted by Gasteiger charge is 2.22. The van der Waals surface area contributed by atoms with E-state index in [-0.39, 0.29) is 6.03 Å². The average Bonchev–Trinajstić information content (AvgIpc) is 2.70. The van der Waals surface area contributed by atoms with Gasteiger partial charge in [-0.05, 0) is 48.2 Å². The number of nitrogens with zero attached hydrogens (tertiary/aromatic N) is 1. The van der Waals surface area contributed by atoms with Crippen molar-refractivity contribution >= 4 is 6.03 Å². The highest BCUT2D eigenvalue weighted by molar-refractivity contribution is 5.74. The molecule has 3 rings (SSSR count). The number of nitrogens with one attached hydrogen (secondary N) is 1. The Morgan fingerprint density at radius 3 is 2.48 bits per heavy atom. The van der Waals surface area contributed by atoms with Gasteiger partial charge in [0.25, 0.3) is 0 Å². The van der Waals surface area contributed by atoms with Crippen LogP contribution in [-0.2, 0) is 13.0 Å². The first-order valence-corrected chi connectivity index (χ1v) is 9.07. The molecular formula is C21H26N2O4. The molecule has 0 aliphatic carbocycles. The number of aryl methyl sites for hydroxylation is 1. The second-order valence-corrected chi connectivity index (χ2v) is 6.49. The Morgan fingerprint density at radius 1 is 1.07 bits per heavy atom. The van der Waals surface area contributed by atoms with E-state index < -0.39 is 0 Å². The molecule has 0 bridgehead atoms. The SMILES string of the molecule is COc1cc2c(cc1OC)CN(C(=O)NCCOc1ccccc1C)CC2. The maximum Gasteiger partial charge on any atom is 0.317 e. The van der Waals surface area contributed by atoms with Crippen LogP contribution in [0.5, 0.6) is 17.2 Å². The largest absolute Gasteiger partial charge is 0.493 e. The fraction of sp³-hybridized carbons (Fsp3) is 0.381. The van der Waals surface area contributed by atoms with Crippen molar-refractivity contribution in [1.29, 1.82) is 0 Å². The van der Waals surface area contributed by atoms with Crippen LogP contribution < -0.4 is 19.5 Å². The number of carbonyl (C=O) groups excluding carboxylic acids is 1. The number of benzene rings is 2. The Kier molecular flexibility index (Phi) is 6.06. The predicted molar refractivity (Wildman–Crippen MR) is 104 cm³/mol. The van der Waals surface area contributed by atoms with Gasteiger partial charge >= 0.3 is 6.03 Å². The van der Waals surface area contributed by atoms with Crippen LogP contribution in [0.2, 0.25) is 0 Å². The van der Waals surface area contributed by atoms with Crippen molar-refractivity contribution in [2.45, 2.75) is 19.9 Å². The lowest BCUT2D eigenvalue weighted by Crippen LogP contribution is -2.43. The van der Waals surface area contributed by atoms with Crippen LogP contribution in [-0.4, -0.2) is 44.8 Å². The lowest BCUT2D eigenvalue weighted by atomic mass is 9.99. The third-order valence-electron chi connectivity index (χ3n) is 4.73. The minimum Gasteiger partial charge on any atom is -0.493 e. The Morgan fingerprint density at radius 2 is 1.78 bits per heavy atom. The minimum atomic E-state index is -0.0798. The molecule has 1 heterocycles. The van der Waals surface area contributed by atoms with Crippen molar-refractivity contribution < 1.29 is 19.0 Å². The first kappa shape index (κ1) is 18.9. The van der Waals surface area contributed by atoms with Crippen molar-refractivity contribution in [1.82, 2.24) is 10.2 Å². The number of hydrogen-bond donors (Lipinski definition) is 1. The molecule has 0 saturated carbocycles. The normalized spacial score (nSPS) is 12.9. The number of methoxy groups -OCH3 is 2. The van der Waals surface area contributed by atoms with E-state index in [1.807, 2.05) is 48.2 Å². The molecule has 0 unspecified atom stereocenters. The van der Waals surface area contributed by atoms with Gasteiger partial charge in [-0.25, -0.2) is 4.79 Å². The first-order chi connectivity index (χ1) is 13.1. The molecule has 6 nitrogen and oxygen atoms in total. The molecule has 1 aliphatic rings. The zero-order chi connectivity index (χ0) is 19.2. The van der Waals surface area contributed by atoms with Crippen molar-refractivity contribution in [3.05, 3.63) is 53.1 Å². The van der Waals surface area contributed by atoms with E-state index in [9.17, 15) is 4.79 Å². The van der Waals surface area contributed by atoms with Gasteiger partial charge in [-0.3, -0.25) is 0 Å². The van der Waals surface area contributed by atoms with Gasteiger partial charge in [-0.1, -0.05) is 18.2 Å². The van der Waals surface area contributed by atoms with Crippen LogP contribution in [0.15, 0.2) is 36.4 Å². The third kappa shape index (κ3) is 4.45. The topological polar surface area (TPSA) is 60.0 Å². The number of para-hydroxylation sites is 1. The summed E-state index contributed by atoms with van der Waals surface area (Å²) < 4.78 is 16.4. The molecule has 1 aliphatic heterocycles. The maximum atomic E-state index is 12.5. The van der Waals surface area contributed by atoms with Gasteiger partial charge < -0.3 is 24.4 Å². The van der Waals surface area contributed by atoms with Crippen molar-refractivity contribution in [2.75, 3.05) is 33.9 Å². The van der Waals surface area contributed by atoms with Crippen LogP contribution in [0.25, 0.3) is 0 Å². The van der Waals surface area contributed by atoms with E-state index in [1.54, 1.807) is 14.2 Å². The van der Waals surface area contributed by atoms with E-state index >= 15 is 0 Å². The van der Waals surface area contributed by atoms with Gasteiger partial charge in [0.05, 0.1) is 20.8 Å². The Labute approximate surface area is 160 Å². The van der Waals surface area contributed by atoms with Gasteiger partial charge in [-0.15, -0.1) is 0 Å². The summed E-state index contributed by atoms with van der Waals surface area (Å²) in [6.07, 6.45) is 0.794. The molecule has 2 amide bonds. The molecule has 144 valence electrons. The summed E-state index contributed by atoms with van der Waals surface area (Å²) in [5.74, 6) is 2.26. The summed E-state index contributed by atoms with van der Waals surface area (Å²) in [6, 6.07) is 11.7. The Balaban J connectivity index is 1.52. The summed E-state index contributed by atoms with van der Waals surface area (Å²) in [5, 5.41) is 2.93. The van der Waals surface area contributed by atoms with Crippen LogP contribution in [0.1, 0.15) is 16.7 Å². The number of hydrogen-bond acceptors (Lipinski definition) is 4. The van der Waals surface area contributed by atoms with Gasteiger partial charge in [0.1, 0.15) is 12.4 Å². The molecule has 0 aromatic heterocycles. The van der Waals surface area contributed by atoms with Crippen LogP contribution >= 0.6 is 0 Å². The summed E-state index contributed by atoms with van der Waals surface area (Å²) >= 11 is 0. The zero-order valence-corrected chi connectivity index (χ0v) is 16.1. The quantitative estimate of drug-likeness (QED) is 0.794. The molecule has 2 aromatic rings. The van der Waals surface area contributed by atoms with Crippen LogP contribution in [0.4, 0.5) is 4.79 Å². The second kappa shape index (κ2) is 8.66. The van der Waals surface area contributed by atoms with Gasteiger partial charge in [0.15, 0.2) is 11.5 Å². The maximum absolute atomic E-state index is 12.5. The number of fused-ring (bicyclic) bond motifs is 1. The van der Waals surface area contributed by atoms with E-state index in [4.69, 9.17) is 14.2 Å². The standard InChI is InChI=1S/C21H26N2O4/c1-15-6-4-5-7-18(15)27-11-9-22-21(24)23-10-8-16-12-19(25-2)20(26-3)13-17(16)14-23/h4-7,12-13H,8-11,14H2,1-3H3,(H,22,24). The summed E-state index contributed by atoms with van der Waals surface area (Å²) in [6.45, 7) is 4.13.